The van der Waals surface area contributed by atoms with Gasteiger partial charge in [-0.25, -0.2) is 4.79 Å². The summed E-state index contributed by atoms with van der Waals surface area (Å²) in [6, 6.07) is 27.0. The Kier molecular flexibility index (Phi) is 5.68. The quantitative estimate of drug-likeness (QED) is 0.285. The summed E-state index contributed by atoms with van der Waals surface area (Å²) in [6.45, 7) is 0.570. The highest BCUT2D eigenvalue weighted by Gasteiger charge is 2.32. The van der Waals surface area contributed by atoms with Crippen molar-refractivity contribution in [3.63, 3.8) is 0 Å². The van der Waals surface area contributed by atoms with Gasteiger partial charge in [-0.05, 0) is 35.4 Å². The molecule has 0 saturated carbocycles. The Morgan fingerprint density at radius 3 is 2.29 bits per heavy atom. The summed E-state index contributed by atoms with van der Waals surface area (Å²) in [6.07, 6.45) is 4.23. The maximum absolute atomic E-state index is 12.9. The normalized spacial score (nSPS) is 12.4. The van der Waals surface area contributed by atoms with Crippen LogP contribution in [0.5, 0.6) is 0 Å². The van der Waals surface area contributed by atoms with E-state index in [-0.39, 0.29) is 5.97 Å². The topological polar surface area (TPSA) is 48.6 Å². The number of carbonyl (C=O) groups excluding carboxylic acids is 1. The maximum Gasteiger partial charge on any atom is 0.341 e. The first-order valence-electron chi connectivity index (χ1n) is 11.3. The Morgan fingerprint density at radius 1 is 0.941 bits per heavy atom. The molecule has 1 aliphatic heterocycles. The highest BCUT2D eigenvalue weighted by atomic mass is 16.5. The first-order chi connectivity index (χ1) is 16.6. The van der Waals surface area contributed by atoms with E-state index in [4.69, 9.17) is 4.74 Å². The molecule has 1 aromatic heterocycles. The van der Waals surface area contributed by atoms with Crippen molar-refractivity contribution in [2.24, 2.45) is 0 Å². The third kappa shape index (κ3) is 3.86. The van der Waals surface area contributed by atoms with E-state index in [0.29, 0.717) is 12.1 Å². The van der Waals surface area contributed by atoms with Gasteiger partial charge in [-0.15, -0.1) is 0 Å². The molecule has 34 heavy (non-hydrogen) atoms. The molecule has 0 unspecified atom stereocenters. The second kappa shape index (κ2) is 8.94. The molecule has 5 nitrogen and oxygen atoms in total. The van der Waals surface area contributed by atoms with E-state index in [1.807, 2.05) is 55.4 Å². The Bertz CT molecular complexity index is 1360. The zero-order valence-corrected chi connectivity index (χ0v) is 19.6. The molecule has 5 rings (SSSR count). The van der Waals surface area contributed by atoms with E-state index in [9.17, 15) is 4.79 Å². The van der Waals surface area contributed by atoms with Crippen LogP contribution in [0.2, 0.25) is 0 Å². The number of esters is 1. The SMILES string of the molecule is COC(=O)c1c(N(C)C)[nH]c2c1CN(c1ccccc1)c1ccc(C=Cc3ccccc3)cc1-2. The van der Waals surface area contributed by atoms with Gasteiger partial charge in [-0.1, -0.05) is 66.7 Å². The molecule has 0 saturated heterocycles. The third-order valence-electron chi connectivity index (χ3n) is 6.15. The molecule has 0 amide bonds. The molecule has 0 atom stereocenters. The largest absolute Gasteiger partial charge is 0.465 e. The van der Waals surface area contributed by atoms with Crippen molar-refractivity contribution in [1.82, 2.24) is 4.98 Å². The summed E-state index contributed by atoms with van der Waals surface area (Å²) >= 11 is 0. The number of fused-ring (bicyclic) bond motifs is 3. The molecule has 5 heteroatoms. The van der Waals surface area contributed by atoms with Gasteiger partial charge in [0.05, 0.1) is 25.0 Å². The Morgan fingerprint density at radius 2 is 1.62 bits per heavy atom. The van der Waals surface area contributed by atoms with E-state index < -0.39 is 0 Å². The average molecular weight is 450 g/mol. The van der Waals surface area contributed by atoms with E-state index in [2.05, 4.69) is 64.5 Å². The van der Waals surface area contributed by atoms with Gasteiger partial charge in [0.25, 0.3) is 0 Å². The lowest BCUT2D eigenvalue weighted by Gasteiger charge is -2.32. The summed E-state index contributed by atoms with van der Waals surface area (Å²) in [5.74, 6) is 0.417. The summed E-state index contributed by atoms with van der Waals surface area (Å²) in [5.41, 5.74) is 7.94. The molecule has 1 aliphatic rings. The van der Waals surface area contributed by atoms with Crippen LogP contribution in [0.4, 0.5) is 17.2 Å². The maximum atomic E-state index is 12.9. The van der Waals surface area contributed by atoms with Gasteiger partial charge in [-0.3, -0.25) is 0 Å². The van der Waals surface area contributed by atoms with Crippen LogP contribution in [0.3, 0.4) is 0 Å². The Balaban J connectivity index is 1.68. The predicted molar refractivity (Wildman–Crippen MR) is 140 cm³/mol. The molecule has 1 N–H and O–H groups in total. The number of para-hydroxylation sites is 1. The number of H-pyrrole nitrogens is 1. The lowest BCUT2D eigenvalue weighted by molar-refractivity contribution is 0.0600. The van der Waals surface area contributed by atoms with Crippen molar-refractivity contribution >= 4 is 35.3 Å². The summed E-state index contributed by atoms with van der Waals surface area (Å²) in [5, 5.41) is 0. The molecule has 0 aliphatic carbocycles. The lowest BCUT2D eigenvalue weighted by Crippen LogP contribution is -2.23. The zero-order chi connectivity index (χ0) is 23.7. The smallest absolute Gasteiger partial charge is 0.341 e. The van der Waals surface area contributed by atoms with Gasteiger partial charge in [-0.2, -0.15) is 0 Å². The fraction of sp³-hybridized carbons (Fsp3) is 0.138. The number of ether oxygens (including phenoxy) is 1. The van der Waals surface area contributed by atoms with Crippen LogP contribution in [0.15, 0.2) is 78.9 Å². The van der Waals surface area contributed by atoms with Crippen LogP contribution in [-0.4, -0.2) is 32.2 Å². The van der Waals surface area contributed by atoms with Gasteiger partial charge in [0.2, 0.25) is 0 Å². The van der Waals surface area contributed by atoms with E-state index >= 15 is 0 Å². The van der Waals surface area contributed by atoms with Gasteiger partial charge < -0.3 is 19.5 Å². The molecular formula is C29H27N3O2. The van der Waals surface area contributed by atoms with Crippen molar-refractivity contribution < 1.29 is 9.53 Å². The number of carbonyl (C=O) groups is 1. The monoisotopic (exact) mass is 449 g/mol. The van der Waals surface area contributed by atoms with Crippen LogP contribution < -0.4 is 9.80 Å². The minimum absolute atomic E-state index is 0.335. The van der Waals surface area contributed by atoms with E-state index in [1.165, 1.54) is 7.11 Å². The van der Waals surface area contributed by atoms with Crippen molar-refractivity contribution in [2.75, 3.05) is 31.0 Å². The van der Waals surface area contributed by atoms with Gasteiger partial charge in [0.15, 0.2) is 0 Å². The van der Waals surface area contributed by atoms with Crippen molar-refractivity contribution in [1.29, 1.82) is 0 Å². The number of benzene rings is 3. The van der Waals surface area contributed by atoms with Gasteiger partial charge >= 0.3 is 5.97 Å². The number of aromatic nitrogens is 1. The molecule has 0 fully saturated rings. The Labute approximate surface area is 199 Å². The number of hydrogen-bond acceptors (Lipinski definition) is 4. The van der Waals surface area contributed by atoms with Gasteiger partial charge in [0, 0.05) is 30.9 Å². The summed E-state index contributed by atoms with van der Waals surface area (Å²) < 4.78 is 5.18. The molecule has 2 heterocycles. The summed E-state index contributed by atoms with van der Waals surface area (Å²) in [4.78, 5) is 20.6. The average Bonchev–Trinajstić information content (AvgIpc) is 3.28. The number of nitrogens with one attached hydrogen (secondary N) is 1. The van der Waals surface area contributed by atoms with E-state index in [1.54, 1.807) is 0 Å². The fourth-order valence-electron chi connectivity index (χ4n) is 4.50. The van der Waals surface area contributed by atoms with Crippen molar-refractivity contribution in [2.45, 2.75) is 6.54 Å². The number of rotatable bonds is 5. The second-order valence-corrected chi connectivity index (χ2v) is 8.53. The molecule has 3 aromatic carbocycles. The zero-order valence-electron chi connectivity index (χ0n) is 19.6. The highest BCUT2D eigenvalue weighted by Crippen LogP contribution is 2.46. The van der Waals surface area contributed by atoms with Crippen LogP contribution >= 0.6 is 0 Å². The molecule has 0 bridgehead atoms. The number of nitrogens with zero attached hydrogens (tertiary/aromatic N) is 2. The molecule has 0 radical (unpaired) electrons. The highest BCUT2D eigenvalue weighted by molar-refractivity contribution is 6.02. The third-order valence-corrected chi connectivity index (χ3v) is 6.15. The first kappa shape index (κ1) is 21.6. The van der Waals surface area contributed by atoms with Crippen molar-refractivity contribution in [3.05, 3.63) is 101 Å². The Hall–Kier alpha value is -4.25. The molecule has 170 valence electrons. The second-order valence-electron chi connectivity index (χ2n) is 8.53. The number of methoxy groups -OCH3 is 1. The first-order valence-corrected chi connectivity index (χ1v) is 11.3. The lowest BCUT2D eigenvalue weighted by atomic mass is 9.94. The number of hydrogen-bond donors (Lipinski definition) is 1. The standard InChI is InChI=1S/C29H27N3O2/c1-31(2)28-26(29(33)34-3)24-19-32(22-12-8-5-9-13-22)25-17-16-21(18-23(25)27(24)30-28)15-14-20-10-6-4-7-11-20/h4-18,30H,19H2,1-3H3. The molecular weight excluding hydrogens is 422 g/mol. The molecule has 0 spiro atoms. The van der Waals surface area contributed by atoms with Crippen LogP contribution in [0, 0.1) is 0 Å². The van der Waals surface area contributed by atoms with Crippen LogP contribution in [0.25, 0.3) is 23.4 Å². The minimum Gasteiger partial charge on any atom is -0.465 e. The van der Waals surface area contributed by atoms with Crippen LogP contribution in [-0.2, 0) is 11.3 Å². The van der Waals surface area contributed by atoms with Gasteiger partial charge in [0.1, 0.15) is 11.4 Å². The number of anilines is 3. The van der Waals surface area contributed by atoms with E-state index in [0.717, 1.165) is 45.1 Å². The fourth-order valence-corrected chi connectivity index (χ4v) is 4.50. The van der Waals surface area contributed by atoms with Crippen molar-refractivity contribution in [3.8, 4) is 11.3 Å². The summed E-state index contributed by atoms with van der Waals surface area (Å²) in [7, 11) is 5.29. The number of aromatic amines is 1. The van der Waals surface area contributed by atoms with Crippen LogP contribution in [0.1, 0.15) is 27.0 Å². The molecule has 4 aromatic rings. The predicted octanol–water partition coefficient (Wildman–Crippen LogP) is 6.36. The minimum atomic E-state index is -0.335.